The summed E-state index contributed by atoms with van der Waals surface area (Å²) in [5, 5.41) is 5.48. The van der Waals surface area contributed by atoms with Crippen molar-refractivity contribution in [2.24, 2.45) is 0 Å². The van der Waals surface area contributed by atoms with Crippen LogP contribution in [-0.2, 0) is 0 Å². The van der Waals surface area contributed by atoms with Gasteiger partial charge in [0.1, 0.15) is 11.2 Å². The fourth-order valence-corrected chi connectivity index (χ4v) is 8.20. The minimum absolute atomic E-state index is 0.0745. The molecule has 4 heterocycles. The number of aromatic nitrogens is 2. The van der Waals surface area contributed by atoms with E-state index in [1.165, 1.54) is 24.7 Å². The molecule has 0 aliphatic carbocycles. The second kappa shape index (κ2) is 11.9. The van der Waals surface area contributed by atoms with E-state index in [2.05, 4.69) is 111 Å². The Morgan fingerprint density at radius 2 is 0.818 bits per heavy atom. The number of nitrogens with zero attached hydrogens (tertiary/aromatic N) is 3. The molecule has 7 heteroatoms. The summed E-state index contributed by atoms with van der Waals surface area (Å²) in [4.78, 5) is 27.9. The number of rotatable bonds is 5. The van der Waals surface area contributed by atoms with E-state index >= 15 is 0 Å². The molecule has 0 amide bonds. The van der Waals surface area contributed by atoms with Gasteiger partial charge in [-0.05, 0) is 97.1 Å². The second-order valence-corrected chi connectivity index (χ2v) is 13.7. The van der Waals surface area contributed by atoms with E-state index in [0.717, 1.165) is 72.0 Å². The van der Waals surface area contributed by atoms with Crippen molar-refractivity contribution in [2.75, 3.05) is 4.90 Å². The first-order chi connectivity index (χ1) is 27.1. The van der Waals surface area contributed by atoms with Crippen LogP contribution < -0.4 is 15.8 Å². The topological polar surface area (TPSA) is 73.5 Å². The van der Waals surface area contributed by atoms with Crippen molar-refractivity contribution in [3.8, 4) is 11.4 Å². The van der Waals surface area contributed by atoms with E-state index in [1.54, 1.807) is 0 Å². The molecule has 4 aromatic heterocycles. The Morgan fingerprint density at radius 1 is 0.364 bits per heavy atom. The summed E-state index contributed by atoms with van der Waals surface area (Å²) < 4.78 is 15.7. The monoisotopic (exact) mass is 711 g/mol. The maximum atomic E-state index is 12.8. The molecule has 7 nitrogen and oxygen atoms in total. The molecule has 0 radical (unpaired) electrons. The number of hydrogen-bond donors (Lipinski definition) is 0. The minimum atomic E-state index is -0.0745. The van der Waals surface area contributed by atoms with Gasteiger partial charge in [0.2, 0.25) is 0 Å². The first-order valence-corrected chi connectivity index (χ1v) is 18.1. The quantitative estimate of drug-likeness (QED) is 0.178. The third-order valence-corrected chi connectivity index (χ3v) is 10.6. The predicted octanol–water partition coefficient (Wildman–Crippen LogP) is 11.6. The lowest BCUT2D eigenvalue weighted by atomic mass is 10.1. The Hall–Kier alpha value is -7.64. The Morgan fingerprint density at radius 3 is 1.33 bits per heavy atom. The first kappa shape index (κ1) is 30.9. The number of benzene rings is 7. The zero-order valence-electron chi connectivity index (χ0n) is 29.2. The predicted molar refractivity (Wildman–Crippen MR) is 222 cm³/mol. The first-order valence-electron chi connectivity index (χ1n) is 18.1. The fraction of sp³-hybridized carbons (Fsp3) is 0. The Kier molecular flexibility index (Phi) is 6.72. The van der Waals surface area contributed by atoms with Crippen LogP contribution in [0.5, 0.6) is 0 Å². The number of hydrogen-bond acceptors (Lipinski definition) is 5. The summed E-state index contributed by atoms with van der Waals surface area (Å²) in [5.41, 5.74) is 9.92. The number of fused-ring (bicyclic) bond motifs is 8. The molecule has 0 bridgehead atoms. The zero-order valence-corrected chi connectivity index (χ0v) is 29.2. The molecule has 0 spiro atoms. The molecule has 0 aliphatic heterocycles. The van der Waals surface area contributed by atoms with Crippen LogP contribution in [0, 0.1) is 0 Å². The smallest absolute Gasteiger partial charge is 0.192 e. The third-order valence-electron chi connectivity index (χ3n) is 10.6. The van der Waals surface area contributed by atoms with Gasteiger partial charge in [0.15, 0.2) is 10.9 Å². The molecular formula is C48H29N3O4. The van der Waals surface area contributed by atoms with Gasteiger partial charge in [-0.2, -0.15) is 0 Å². The van der Waals surface area contributed by atoms with Crippen molar-refractivity contribution in [1.82, 2.24) is 9.13 Å². The largest absolute Gasteiger partial charge is 0.464 e. The van der Waals surface area contributed by atoms with Crippen LogP contribution in [0.2, 0.25) is 0 Å². The number of para-hydroxylation sites is 3. The van der Waals surface area contributed by atoms with Crippen LogP contribution in [0.1, 0.15) is 0 Å². The molecule has 0 saturated heterocycles. The molecule has 0 atom stereocenters. The lowest BCUT2D eigenvalue weighted by Gasteiger charge is -2.26. The van der Waals surface area contributed by atoms with Gasteiger partial charge < -0.3 is 22.9 Å². The minimum Gasteiger partial charge on any atom is -0.464 e. The standard InChI is InChI=1S/C48H29N3O4/c52-45-22-24-54-47-20-16-33(28-39(45)47)50-41-12-6-4-10-35(41)37-26-31(14-18-43(37)50)49(30-8-2-1-3-9-30)32-15-19-44-38(27-32)36-11-5-7-13-42(36)51(44)34-17-21-48-40(29-34)46(53)23-25-55-48/h1-29H. The van der Waals surface area contributed by atoms with Crippen LogP contribution in [0.15, 0.2) is 195 Å². The molecule has 260 valence electrons. The summed E-state index contributed by atoms with van der Waals surface area (Å²) in [5.74, 6) is 0. The summed E-state index contributed by atoms with van der Waals surface area (Å²) >= 11 is 0. The fourth-order valence-electron chi connectivity index (χ4n) is 8.20. The van der Waals surface area contributed by atoms with Crippen LogP contribution in [-0.4, -0.2) is 9.13 Å². The highest BCUT2D eigenvalue weighted by Gasteiger charge is 2.20. The average Bonchev–Trinajstić information content (AvgIpc) is 3.74. The van der Waals surface area contributed by atoms with Gasteiger partial charge in [-0.3, -0.25) is 9.59 Å². The molecule has 0 aliphatic rings. The van der Waals surface area contributed by atoms with Crippen molar-refractivity contribution in [2.45, 2.75) is 0 Å². The van der Waals surface area contributed by atoms with E-state index < -0.39 is 0 Å². The highest BCUT2D eigenvalue weighted by atomic mass is 16.3. The van der Waals surface area contributed by atoms with Crippen LogP contribution in [0.4, 0.5) is 17.1 Å². The molecule has 11 rings (SSSR count). The molecule has 0 fully saturated rings. The van der Waals surface area contributed by atoms with E-state index in [1.807, 2.05) is 54.6 Å². The van der Waals surface area contributed by atoms with Crippen LogP contribution in [0.25, 0.3) is 76.9 Å². The van der Waals surface area contributed by atoms with Crippen molar-refractivity contribution in [3.05, 3.63) is 197 Å². The highest BCUT2D eigenvalue weighted by molar-refractivity contribution is 6.12. The SMILES string of the molecule is O=c1ccoc2ccc(-n3c4ccccc4c4cc(N(c5ccccc5)c5ccc6c(c5)c5ccccc5n6-c5ccc6occc(=O)c6c5)ccc43)cc12. The molecular weight excluding hydrogens is 683 g/mol. The van der Waals surface area contributed by atoms with Gasteiger partial charge in [0.25, 0.3) is 0 Å². The molecule has 0 N–H and O–H groups in total. The Balaban J connectivity index is 1.12. The Labute approximate surface area is 312 Å². The molecule has 0 saturated carbocycles. The maximum Gasteiger partial charge on any atom is 0.192 e. The van der Waals surface area contributed by atoms with Crippen molar-refractivity contribution >= 4 is 82.6 Å². The normalized spacial score (nSPS) is 11.8. The van der Waals surface area contributed by atoms with E-state index in [-0.39, 0.29) is 10.9 Å². The molecule has 0 unspecified atom stereocenters. The van der Waals surface area contributed by atoms with Crippen LogP contribution in [0.3, 0.4) is 0 Å². The van der Waals surface area contributed by atoms with Gasteiger partial charge in [-0.1, -0.05) is 54.6 Å². The third kappa shape index (κ3) is 4.77. The van der Waals surface area contributed by atoms with E-state index in [0.29, 0.717) is 21.9 Å². The van der Waals surface area contributed by atoms with E-state index in [9.17, 15) is 9.59 Å². The summed E-state index contributed by atoms with van der Waals surface area (Å²) in [6.45, 7) is 0. The summed E-state index contributed by atoms with van der Waals surface area (Å²) in [7, 11) is 0. The second-order valence-electron chi connectivity index (χ2n) is 13.7. The summed E-state index contributed by atoms with van der Waals surface area (Å²) in [6.07, 6.45) is 2.87. The maximum absolute atomic E-state index is 12.8. The van der Waals surface area contributed by atoms with Gasteiger partial charge in [-0.15, -0.1) is 0 Å². The van der Waals surface area contributed by atoms with E-state index in [4.69, 9.17) is 8.83 Å². The lowest BCUT2D eigenvalue weighted by Crippen LogP contribution is -2.09. The molecule has 11 aromatic rings. The van der Waals surface area contributed by atoms with Gasteiger partial charge in [0.05, 0.1) is 45.4 Å². The molecule has 55 heavy (non-hydrogen) atoms. The van der Waals surface area contributed by atoms with Gasteiger partial charge in [-0.25, -0.2) is 0 Å². The van der Waals surface area contributed by atoms with Crippen LogP contribution >= 0.6 is 0 Å². The number of anilines is 3. The van der Waals surface area contributed by atoms with Crippen molar-refractivity contribution < 1.29 is 8.83 Å². The highest BCUT2D eigenvalue weighted by Crippen LogP contribution is 2.42. The Bertz CT molecular complexity index is 3230. The zero-order chi connectivity index (χ0) is 36.6. The average molecular weight is 712 g/mol. The van der Waals surface area contributed by atoms with Gasteiger partial charge >= 0.3 is 0 Å². The summed E-state index contributed by atoms with van der Waals surface area (Å²) in [6, 6.07) is 54.8. The van der Waals surface area contributed by atoms with Crippen molar-refractivity contribution in [1.29, 1.82) is 0 Å². The molecule has 7 aromatic carbocycles. The lowest BCUT2D eigenvalue weighted by molar-refractivity contribution is 0.602. The van der Waals surface area contributed by atoms with Gasteiger partial charge in [0, 0.05) is 62.1 Å². The van der Waals surface area contributed by atoms with Crippen molar-refractivity contribution in [3.63, 3.8) is 0 Å².